The molecule has 130 valence electrons. The van der Waals surface area contributed by atoms with Crippen LogP contribution in [0.15, 0.2) is 40.3 Å². The van der Waals surface area contributed by atoms with Gasteiger partial charge in [-0.15, -0.1) is 0 Å². The van der Waals surface area contributed by atoms with Crippen molar-refractivity contribution < 1.29 is 4.74 Å². The quantitative estimate of drug-likeness (QED) is 0.169. The molecule has 0 saturated heterocycles. The fourth-order valence-electron chi connectivity index (χ4n) is 1.66. The first-order chi connectivity index (χ1) is 11.1. The van der Waals surface area contributed by atoms with Gasteiger partial charge < -0.3 is 4.74 Å². The predicted molar refractivity (Wildman–Crippen MR) is 135 cm³/mol. The normalized spacial score (nSPS) is 11.1. The largest absolute Gasteiger partial charge is 0.453 e. The Morgan fingerprint density at radius 3 is 1.21 bits per heavy atom. The van der Waals surface area contributed by atoms with E-state index in [-0.39, 0.29) is 0 Å². The molecule has 2 aromatic rings. The molecule has 0 spiro atoms. The molecule has 0 N–H and O–H groups in total. The van der Waals surface area contributed by atoms with E-state index in [0.717, 1.165) is 45.8 Å². The summed E-state index contributed by atoms with van der Waals surface area (Å²) in [5.74, 6) is 1.33. The van der Waals surface area contributed by atoms with Crippen LogP contribution in [0.4, 0.5) is 0 Å². The first kappa shape index (κ1) is 23.3. The van der Waals surface area contributed by atoms with Gasteiger partial charge in [0.2, 0.25) is 0 Å². The highest BCUT2D eigenvalue weighted by molar-refractivity contribution is 9.16. The molecule has 0 atom stereocenters. The summed E-state index contributed by atoms with van der Waals surface area (Å²) in [6, 6.07) is 0. The minimum atomic E-state index is 0.613. The van der Waals surface area contributed by atoms with Crippen molar-refractivity contribution in [2.45, 2.75) is 5.33 Å². The molecule has 0 amide bonds. The van der Waals surface area contributed by atoms with Gasteiger partial charge in [0.1, 0.15) is 5.75 Å². The van der Waals surface area contributed by atoms with Crippen LogP contribution in [0.2, 0.25) is 0 Å². The van der Waals surface area contributed by atoms with Crippen molar-refractivity contribution in [2.24, 2.45) is 0 Å². The van der Waals surface area contributed by atoms with Crippen molar-refractivity contribution in [2.75, 3.05) is 0 Å². The van der Waals surface area contributed by atoms with Crippen LogP contribution >= 0.6 is 159 Å². The van der Waals surface area contributed by atoms with Crippen molar-refractivity contribution in [3.8, 4) is 11.5 Å². The van der Waals surface area contributed by atoms with Crippen LogP contribution in [0.1, 0.15) is 5.56 Å². The summed E-state index contributed by atoms with van der Waals surface area (Å²) in [7, 11) is 0. The molecule has 0 aliphatic heterocycles. The Morgan fingerprint density at radius 2 is 0.792 bits per heavy atom. The first-order valence-corrected chi connectivity index (χ1v) is 14.0. The van der Waals surface area contributed by atoms with Crippen LogP contribution in [-0.2, 0) is 5.33 Å². The Balaban J connectivity index is 2.75. The second kappa shape index (κ2) is 9.69. The van der Waals surface area contributed by atoms with Gasteiger partial charge in [-0.05, 0) is 143 Å². The maximum absolute atomic E-state index is 6.29. The molecule has 0 radical (unpaired) electrons. The molecular formula is C13H2Br10O. The first-order valence-electron chi connectivity index (χ1n) is 5.73. The zero-order valence-electron chi connectivity index (χ0n) is 10.9. The smallest absolute Gasteiger partial charge is 0.158 e. The van der Waals surface area contributed by atoms with Crippen LogP contribution in [0.5, 0.6) is 11.5 Å². The average molecular weight is 973 g/mol. The fourth-order valence-corrected chi connectivity index (χ4v) is 8.13. The number of ether oxygens (including phenoxy) is 1. The number of benzene rings is 2. The second-order valence-corrected chi connectivity index (χ2v) is 11.9. The van der Waals surface area contributed by atoms with Crippen molar-refractivity contribution >= 4 is 159 Å². The monoisotopic (exact) mass is 963 g/mol. The maximum atomic E-state index is 6.29. The highest BCUT2D eigenvalue weighted by atomic mass is 79.9. The van der Waals surface area contributed by atoms with E-state index in [1.54, 1.807) is 0 Å². The van der Waals surface area contributed by atoms with Gasteiger partial charge in [-0.2, -0.15) is 0 Å². The summed E-state index contributed by atoms with van der Waals surface area (Å²) in [5, 5.41) is 0.613. The highest BCUT2D eigenvalue weighted by Crippen LogP contribution is 2.53. The number of hydrogen-bond acceptors (Lipinski definition) is 1. The fraction of sp³-hybridized carbons (Fsp3) is 0.0769. The molecule has 2 aromatic carbocycles. The molecule has 1 nitrogen and oxygen atoms in total. The van der Waals surface area contributed by atoms with Gasteiger partial charge in [-0.25, -0.2) is 0 Å². The zero-order chi connectivity index (χ0) is 18.3. The van der Waals surface area contributed by atoms with Gasteiger partial charge in [0.15, 0.2) is 5.75 Å². The standard InChI is InChI=1S/C13H2Br10O/c14-1-2-3(15)4(16)6(18)9(21)12(2)24-13-10(22)7(19)5(17)8(20)11(13)23/h1H2. The number of rotatable bonds is 3. The Kier molecular flexibility index (Phi) is 9.42. The number of hydrogen-bond donors (Lipinski definition) is 0. The molecule has 0 aliphatic carbocycles. The molecule has 0 heterocycles. The molecule has 0 bridgehead atoms. The van der Waals surface area contributed by atoms with Crippen molar-refractivity contribution in [3.05, 3.63) is 45.8 Å². The van der Waals surface area contributed by atoms with Crippen LogP contribution in [0.25, 0.3) is 0 Å². The SMILES string of the molecule is BrCc1c(Br)c(Br)c(Br)c(Br)c1Oc1c(Br)c(Br)c(Br)c(Br)c1Br. The summed E-state index contributed by atoms with van der Waals surface area (Å²) in [6.07, 6.45) is 0. The molecular weight excluding hydrogens is 971 g/mol. The summed E-state index contributed by atoms with van der Waals surface area (Å²) in [5.41, 5.74) is 0.964. The molecule has 11 heteroatoms. The van der Waals surface area contributed by atoms with Crippen LogP contribution in [-0.4, -0.2) is 0 Å². The molecule has 0 aliphatic rings. The summed E-state index contributed by atoms with van der Waals surface area (Å²) in [4.78, 5) is 0. The Bertz CT molecular complexity index is 804. The number of alkyl halides is 1. The van der Waals surface area contributed by atoms with Gasteiger partial charge in [0.05, 0.1) is 26.8 Å². The topological polar surface area (TPSA) is 9.23 Å². The third-order valence-corrected chi connectivity index (χ3v) is 14.2. The Labute approximate surface area is 223 Å². The van der Waals surface area contributed by atoms with Gasteiger partial charge in [0.25, 0.3) is 0 Å². The third-order valence-electron chi connectivity index (χ3n) is 2.82. The predicted octanol–water partition coefficient (Wildman–Crippen LogP) is 11.2. The van der Waals surface area contributed by atoms with Gasteiger partial charge in [-0.3, -0.25) is 0 Å². The lowest BCUT2D eigenvalue weighted by Crippen LogP contribution is -1.97. The summed E-state index contributed by atoms with van der Waals surface area (Å²) >= 11 is 35.7. The van der Waals surface area contributed by atoms with E-state index in [1.807, 2.05) is 0 Å². The molecule has 0 unspecified atom stereocenters. The van der Waals surface area contributed by atoms with Crippen molar-refractivity contribution in [3.63, 3.8) is 0 Å². The van der Waals surface area contributed by atoms with Crippen LogP contribution in [0, 0.1) is 0 Å². The molecule has 0 fully saturated rings. The lowest BCUT2D eigenvalue weighted by Gasteiger charge is -2.19. The van der Waals surface area contributed by atoms with E-state index in [1.165, 1.54) is 0 Å². The molecule has 0 saturated carbocycles. The van der Waals surface area contributed by atoms with E-state index in [4.69, 9.17) is 4.74 Å². The van der Waals surface area contributed by atoms with Gasteiger partial charge >= 0.3 is 0 Å². The van der Waals surface area contributed by atoms with Crippen LogP contribution in [0.3, 0.4) is 0 Å². The minimum Gasteiger partial charge on any atom is -0.453 e. The van der Waals surface area contributed by atoms with Crippen molar-refractivity contribution in [1.82, 2.24) is 0 Å². The number of halogens is 10. The summed E-state index contributed by atoms with van der Waals surface area (Å²) in [6.45, 7) is 0. The van der Waals surface area contributed by atoms with E-state index >= 15 is 0 Å². The van der Waals surface area contributed by atoms with Gasteiger partial charge in [-0.1, -0.05) is 15.9 Å². The third kappa shape index (κ3) is 4.45. The molecule has 24 heavy (non-hydrogen) atoms. The van der Waals surface area contributed by atoms with E-state index in [9.17, 15) is 0 Å². The second-order valence-electron chi connectivity index (χ2n) is 4.20. The van der Waals surface area contributed by atoms with Gasteiger partial charge in [0, 0.05) is 24.3 Å². The van der Waals surface area contributed by atoms with Crippen LogP contribution < -0.4 is 4.74 Å². The van der Waals surface area contributed by atoms with E-state index in [0.29, 0.717) is 16.8 Å². The van der Waals surface area contributed by atoms with E-state index < -0.39 is 0 Å². The maximum Gasteiger partial charge on any atom is 0.158 e. The lowest BCUT2D eigenvalue weighted by molar-refractivity contribution is 0.467. The highest BCUT2D eigenvalue weighted by Gasteiger charge is 2.24. The minimum absolute atomic E-state index is 0.613. The zero-order valence-corrected chi connectivity index (χ0v) is 26.8. The molecule has 0 aromatic heterocycles. The summed E-state index contributed by atoms with van der Waals surface area (Å²) < 4.78 is 13.9. The Hall–Kier alpha value is 3.04. The lowest BCUT2D eigenvalue weighted by atomic mass is 10.2. The Morgan fingerprint density at radius 1 is 0.458 bits per heavy atom. The van der Waals surface area contributed by atoms with Crippen molar-refractivity contribution in [1.29, 1.82) is 0 Å². The molecule has 2 rings (SSSR count). The average Bonchev–Trinajstić information content (AvgIpc) is 2.57. The van der Waals surface area contributed by atoms with E-state index in [2.05, 4.69) is 159 Å².